The van der Waals surface area contributed by atoms with Crippen LogP contribution < -0.4 is 0 Å². The number of aromatic amines is 1. The van der Waals surface area contributed by atoms with Crippen LogP contribution in [0.3, 0.4) is 0 Å². The second-order valence-corrected chi connectivity index (χ2v) is 5.54. The smallest absolute Gasteiger partial charge is 0.278 e. The molecule has 0 radical (unpaired) electrons. The number of allylic oxidation sites excluding steroid dienone is 1. The van der Waals surface area contributed by atoms with Crippen LogP contribution >= 0.6 is 0 Å². The maximum atomic E-state index is 12.3. The summed E-state index contributed by atoms with van der Waals surface area (Å²) in [5.74, 6) is -0.374. The van der Waals surface area contributed by atoms with Gasteiger partial charge in [0.1, 0.15) is 0 Å². The van der Waals surface area contributed by atoms with E-state index < -0.39 is 0 Å². The lowest BCUT2D eigenvalue weighted by Crippen LogP contribution is -1.93. The molecular weight excluding hydrogens is 300 g/mol. The van der Waals surface area contributed by atoms with Crippen LogP contribution in [0.25, 0.3) is 16.8 Å². The minimum Gasteiger partial charge on any atom is -0.494 e. The number of benzene rings is 2. The van der Waals surface area contributed by atoms with Crippen molar-refractivity contribution in [1.29, 1.82) is 0 Å². The maximum Gasteiger partial charge on any atom is 0.278 e. The van der Waals surface area contributed by atoms with Gasteiger partial charge >= 0.3 is 0 Å². The van der Waals surface area contributed by atoms with Gasteiger partial charge in [-0.25, -0.2) is 4.99 Å². The largest absolute Gasteiger partial charge is 0.494 e. The Bertz CT molecular complexity index is 967. The van der Waals surface area contributed by atoms with Gasteiger partial charge in [0.2, 0.25) is 0 Å². The van der Waals surface area contributed by atoms with Crippen LogP contribution in [-0.4, -0.2) is 21.7 Å². The topological polar surface area (TPSA) is 65.5 Å². The molecule has 1 aliphatic heterocycles. The van der Waals surface area contributed by atoms with Crippen LogP contribution in [-0.2, 0) is 4.79 Å². The van der Waals surface area contributed by atoms with Crippen molar-refractivity contribution in [2.45, 2.75) is 0 Å². The Balaban J connectivity index is 1.73. The molecule has 0 saturated heterocycles. The molecule has 4 nitrogen and oxygen atoms in total. The molecule has 24 heavy (non-hydrogen) atoms. The molecule has 2 N–H and O–H groups in total. The number of carbonyl (C=O) groups is 1. The highest BCUT2D eigenvalue weighted by molar-refractivity contribution is 6.36. The van der Waals surface area contributed by atoms with Gasteiger partial charge in [0.25, 0.3) is 5.91 Å². The summed E-state index contributed by atoms with van der Waals surface area (Å²) in [5, 5.41) is 10.2. The number of carbonyl (C=O) groups excluding carboxylic acids is 1. The Morgan fingerprint density at radius 1 is 0.875 bits per heavy atom. The number of nitrogens with zero attached hydrogens (tertiary/aromatic N) is 1. The number of aromatic nitrogens is 1. The van der Waals surface area contributed by atoms with Gasteiger partial charge in [-0.2, -0.15) is 0 Å². The maximum absolute atomic E-state index is 12.3. The highest BCUT2D eigenvalue weighted by atomic mass is 16.3. The zero-order chi connectivity index (χ0) is 16.5. The van der Waals surface area contributed by atoms with E-state index in [4.69, 9.17) is 0 Å². The van der Waals surface area contributed by atoms with E-state index in [2.05, 4.69) is 9.98 Å². The molecule has 2 aromatic carbocycles. The van der Waals surface area contributed by atoms with Gasteiger partial charge in [-0.3, -0.25) is 4.79 Å². The van der Waals surface area contributed by atoms with Crippen LogP contribution in [0.1, 0.15) is 11.1 Å². The van der Waals surface area contributed by atoms with E-state index in [1.807, 2.05) is 60.7 Å². The third kappa shape index (κ3) is 2.44. The van der Waals surface area contributed by atoms with E-state index in [9.17, 15) is 9.90 Å². The van der Waals surface area contributed by atoms with Gasteiger partial charge in [-0.05, 0) is 17.7 Å². The van der Waals surface area contributed by atoms with Gasteiger partial charge < -0.3 is 10.1 Å². The molecule has 0 unspecified atom stereocenters. The molecule has 2 heterocycles. The van der Waals surface area contributed by atoms with Gasteiger partial charge in [-0.15, -0.1) is 0 Å². The van der Waals surface area contributed by atoms with Gasteiger partial charge in [-0.1, -0.05) is 60.7 Å². The molecule has 1 amide bonds. The van der Waals surface area contributed by atoms with Crippen molar-refractivity contribution in [2.24, 2.45) is 4.99 Å². The van der Waals surface area contributed by atoms with E-state index in [0.717, 1.165) is 16.8 Å². The fourth-order valence-electron chi connectivity index (χ4n) is 2.77. The van der Waals surface area contributed by atoms with Crippen molar-refractivity contribution in [1.82, 2.24) is 4.98 Å². The summed E-state index contributed by atoms with van der Waals surface area (Å²) in [7, 11) is 0. The van der Waals surface area contributed by atoms with Crippen LogP contribution in [0.5, 0.6) is 5.88 Å². The average molecular weight is 314 g/mol. The normalized spacial score (nSPS) is 13.8. The van der Waals surface area contributed by atoms with Gasteiger partial charge in [0.15, 0.2) is 5.88 Å². The van der Waals surface area contributed by atoms with E-state index in [1.165, 1.54) is 0 Å². The standard InChI is InChI=1S/C20H14N2O2/c23-19-15(11-17(21-19)13-7-3-1-4-8-13)16-12-18(22-20(16)24)14-9-5-2-6-10-14/h1-12,21,23H. The molecular formula is C20H14N2O2. The highest BCUT2D eigenvalue weighted by Gasteiger charge is 2.24. The summed E-state index contributed by atoms with van der Waals surface area (Å²) in [6, 6.07) is 20.9. The van der Waals surface area contributed by atoms with E-state index in [1.54, 1.807) is 12.1 Å². The van der Waals surface area contributed by atoms with Crippen molar-refractivity contribution in [3.05, 3.63) is 83.9 Å². The number of nitrogens with one attached hydrogen (secondary N) is 1. The third-order valence-corrected chi connectivity index (χ3v) is 3.97. The molecule has 3 aromatic rings. The van der Waals surface area contributed by atoms with Crippen molar-refractivity contribution >= 4 is 17.2 Å². The van der Waals surface area contributed by atoms with Crippen molar-refractivity contribution < 1.29 is 9.90 Å². The van der Waals surface area contributed by atoms with E-state index >= 15 is 0 Å². The molecule has 4 rings (SSSR count). The van der Waals surface area contributed by atoms with E-state index in [-0.39, 0.29) is 11.8 Å². The third-order valence-electron chi connectivity index (χ3n) is 3.97. The average Bonchev–Trinajstić information content (AvgIpc) is 3.19. The van der Waals surface area contributed by atoms with E-state index in [0.29, 0.717) is 16.8 Å². The van der Waals surface area contributed by atoms with Crippen LogP contribution in [0.15, 0.2) is 77.8 Å². The fourth-order valence-corrected chi connectivity index (χ4v) is 2.77. The van der Waals surface area contributed by atoms with Gasteiger partial charge in [0.05, 0.1) is 11.3 Å². The minimum absolute atomic E-state index is 0.0297. The summed E-state index contributed by atoms with van der Waals surface area (Å²) < 4.78 is 0. The summed E-state index contributed by atoms with van der Waals surface area (Å²) in [4.78, 5) is 19.3. The number of H-pyrrole nitrogens is 1. The minimum atomic E-state index is -0.345. The second-order valence-electron chi connectivity index (χ2n) is 5.54. The highest BCUT2D eigenvalue weighted by Crippen LogP contribution is 2.33. The van der Waals surface area contributed by atoms with Crippen LogP contribution in [0, 0.1) is 0 Å². The lowest BCUT2D eigenvalue weighted by molar-refractivity contribution is -0.112. The number of amides is 1. The number of hydrogen-bond donors (Lipinski definition) is 2. The molecule has 0 fully saturated rings. The molecule has 116 valence electrons. The van der Waals surface area contributed by atoms with Crippen molar-refractivity contribution in [3.8, 4) is 17.1 Å². The summed E-state index contributed by atoms with van der Waals surface area (Å²) in [6.45, 7) is 0. The molecule has 4 heteroatoms. The van der Waals surface area contributed by atoms with Gasteiger partial charge in [0, 0.05) is 16.8 Å². The lowest BCUT2D eigenvalue weighted by Gasteiger charge is -1.96. The Morgan fingerprint density at radius 3 is 2.17 bits per heavy atom. The second kappa shape index (κ2) is 5.66. The number of rotatable bonds is 3. The first-order valence-electron chi connectivity index (χ1n) is 7.60. The first-order chi connectivity index (χ1) is 11.7. The summed E-state index contributed by atoms with van der Waals surface area (Å²) in [5.41, 5.74) is 4.04. The molecule has 0 aliphatic carbocycles. The molecule has 1 aromatic heterocycles. The Kier molecular flexibility index (Phi) is 3.35. The fraction of sp³-hybridized carbons (Fsp3) is 0. The number of hydrogen-bond acceptors (Lipinski definition) is 2. The molecule has 0 spiro atoms. The predicted molar refractivity (Wildman–Crippen MR) is 93.9 cm³/mol. The Morgan fingerprint density at radius 2 is 1.50 bits per heavy atom. The number of aliphatic imine (C=N–C) groups is 1. The zero-order valence-corrected chi connectivity index (χ0v) is 12.7. The quantitative estimate of drug-likeness (QED) is 0.772. The molecule has 0 bridgehead atoms. The molecule has 1 aliphatic rings. The van der Waals surface area contributed by atoms with Crippen molar-refractivity contribution in [2.75, 3.05) is 0 Å². The Labute approximate surface area is 138 Å². The monoisotopic (exact) mass is 314 g/mol. The van der Waals surface area contributed by atoms with Crippen molar-refractivity contribution in [3.63, 3.8) is 0 Å². The van der Waals surface area contributed by atoms with Crippen LogP contribution in [0.4, 0.5) is 0 Å². The SMILES string of the molecule is O=C1N=C(c2ccccc2)C=C1c1cc(-c2ccccc2)[nH]c1O. The lowest BCUT2D eigenvalue weighted by atomic mass is 10.0. The first-order valence-corrected chi connectivity index (χ1v) is 7.60. The van der Waals surface area contributed by atoms with Crippen LogP contribution in [0.2, 0.25) is 0 Å². The summed E-state index contributed by atoms with van der Waals surface area (Å²) in [6.07, 6.45) is 1.72. The zero-order valence-electron chi connectivity index (χ0n) is 12.7. The first kappa shape index (κ1) is 14.2. The molecule has 0 saturated carbocycles. The Hall–Kier alpha value is -3.40. The molecule has 0 atom stereocenters. The predicted octanol–water partition coefficient (Wildman–Crippen LogP) is 3.80. The number of aromatic hydroxyl groups is 1. The summed E-state index contributed by atoms with van der Waals surface area (Å²) >= 11 is 0.